The van der Waals surface area contributed by atoms with Crippen molar-refractivity contribution in [3.8, 4) is 0 Å². The smallest absolute Gasteiger partial charge is 0.251 e. The summed E-state index contributed by atoms with van der Waals surface area (Å²) in [6.07, 6.45) is 0.736. The zero-order valence-corrected chi connectivity index (χ0v) is 18.7. The molecule has 0 saturated carbocycles. The summed E-state index contributed by atoms with van der Waals surface area (Å²) < 4.78 is 32.6. The van der Waals surface area contributed by atoms with Crippen molar-refractivity contribution in [2.45, 2.75) is 44.6 Å². The molecule has 28 heavy (non-hydrogen) atoms. The molecule has 1 atom stereocenters. The second kappa shape index (κ2) is 10.0. The van der Waals surface area contributed by atoms with Crippen molar-refractivity contribution in [1.82, 2.24) is 9.62 Å². The second-order valence-corrected chi connectivity index (χ2v) is 9.72. The van der Waals surface area contributed by atoms with Gasteiger partial charge in [0.15, 0.2) is 0 Å². The average Bonchev–Trinajstić information content (AvgIpc) is 2.61. The van der Waals surface area contributed by atoms with Gasteiger partial charge in [-0.15, -0.1) is 12.4 Å². The molecule has 0 radical (unpaired) electrons. The highest BCUT2D eigenvalue weighted by Gasteiger charge is 2.30. The monoisotopic (exact) mass is 433 g/mol. The standard InChI is InChI=1S/C19H31N3O4S.ClH/c1-14(2)12-19(4,13-20)21-18(23)16-6-5-15(3)17(11-16)27(24,25)22-7-9-26-10-8-22;/h5-6,11,14H,7-10,12-13,20H2,1-4H3,(H,21,23);1H. The molecule has 1 aliphatic heterocycles. The predicted octanol–water partition coefficient (Wildman–Crippen LogP) is 1.93. The second-order valence-electron chi connectivity index (χ2n) is 7.81. The van der Waals surface area contributed by atoms with Crippen LogP contribution in [0.3, 0.4) is 0 Å². The third-order valence-electron chi connectivity index (χ3n) is 4.76. The van der Waals surface area contributed by atoms with Gasteiger partial charge in [0.2, 0.25) is 10.0 Å². The van der Waals surface area contributed by atoms with E-state index >= 15 is 0 Å². The number of morpholine rings is 1. The van der Waals surface area contributed by atoms with Crippen LogP contribution in [0.2, 0.25) is 0 Å². The van der Waals surface area contributed by atoms with E-state index in [0.717, 1.165) is 6.42 Å². The number of ether oxygens (including phenoxy) is 1. The summed E-state index contributed by atoms with van der Waals surface area (Å²) in [5.41, 5.74) is 6.26. The fourth-order valence-corrected chi connectivity index (χ4v) is 5.04. The van der Waals surface area contributed by atoms with Gasteiger partial charge in [-0.05, 0) is 43.9 Å². The maximum atomic E-state index is 13.0. The van der Waals surface area contributed by atoms with Gasteiger partial charge in [0, 0.05) is 30.7 Å². The Balaban J connectivity index is 0.00000392. The highest BCUT2D eigenvalue weighted by molar-refractivity contribution is 7.89. The summed E-state index contributed by atoms with van der Waals surface area (Å²) in [5, 5.41) is 2.98. The van der Waals surface area contributed by atoms with Crippen molar-refractivity contribution in [3.63, 3.8) is 0 Å². The summed E-state index contributed by atoms with van der Waals surface area (Å²) in [6.45, 7) is 9.47. The summed E-state index contributed by atoms with van der Waals surface area (Å²) in [5.74, 6) is 0.0520. The Bertz CT molecular complexity index is 779. The first-order valence-electron chi connectivity index (χ1n) is 9.30. The molecule has 3 N–H and O–H groups in total. The van der Waals surface area contributed by atoms with E-state index in [1.807, 2.05) is 6.92 Å². The number of carbonyl (C=O) groups is 1. The van der Waals surface area contributed by atoms with Crippen LogP contribution in [0.4, 0.5) is 0 Å². The lowest BCUT2D eigenvalue weighted by Gasteiger charge is -2.31. The van der Waals surface area contributed by atoms with Crippen LogP contribution in [-0.2, 0) is 14.8 Å². The zero-order valence-electron chi connectivity index (χ0n) is 17.0. The van der Waals surface area contributed by atoms with E-state index in [9.17, 15) is 13.2 Å². The molecular formula is C19H32ClN3O4S. The van der Waals surface area contributed by atoms with E-state index in [-0.39, 0.29) is 23.2 Å². The fraction of sp³-hybridized carbons (Fsp3) is 0.632. The summed E-state index contributed by atoms with van der Waals surface area (Å²) >= 11 is 0. The number of carbonyl (C=O) groups excluding carboxylic acids is 1. The van der Waals surface area contributed by atoms with Crippen molar-refractivity contribution in [2.24, 2.45) is 11.7 Å². The first kappa shape index (κ1) is 24.8. The third-order valence-corrected chi connectivity index (χ3v) is 6.80. The molecule has 0 bridgehead atoms. The van der Waals surface area contributed by atoms with E-state index in [4.69, 9.17) is 10.5 Å². The number of nitrogens with zero attached hydrogens (tertiary/aromatic N) is 1. The van der Waals surface area contributed by atoms with Gasteiger partial charge in [-0.25, -0.2) is 8.42 Å². The quantitative estimate of drug-likeness (QED) is 0.684. The number of nitrogens with one attached hydrogen (secondary N) is 1. The fourth-order valence-electron chi connectivity index (χ4n) is 3.38. The molecule has 2 rings (SSSR count). The maximum absolute atomic E-state index is 13.0. The molecule has 0 aromatic heterocycles. The van der Waals surface area contributed by atoms with Gasteiger partial charge < -0.3 is 15.8 Å². The Morgan fingerprint density at radius 2 is 1.93 bits per heavy atom. The van der Waals surface area contributed by atoms with Crippen molar-refractivity contribution >= 4 is 28.3 Å². The maximum Gasteiger partial charge on any atom is 0.251 e. The van der Waals surface area contributed by atoms with E-state index in [1.165, 1.54) is 10.4 Å². The molecule has 0 spiro atoms. The van der Waals surface area contributed by atoms with Gasteiger partial charge in [-0.2, -0.15) is 4.31 Å². The third kappa shape index (κ3) is 5.90. The van der Waals surface area contributed by atoms with Crippen molar-refractivity contribution < 1.29 is 17.9 Å². The van der Waals surface area contributed by atoms with E-state index in [2.05, 4.69) is 19.2 Å². The highest BCUT2D eigenvalue weighted by Crippen LogP contribution is 2.23. The van der Waals surface area contributed by atoms with Gasteiger partial charge in [0.05, 0.1) is 18.1 Å². The van der Waals surface area contributed by atoms with Gasteiger partial charge in [-0.1, -0.05) is 19.9 Å². The molecule has 1 aromatic carbocycles. The van der Waals surface area contributed by atoms with Crippen molar-refractivity contribution in [1.29, 1.82) is 0 Å². The van der Waals surface area contributed by atoms with E-state index in [1.54, 1.807) is 19.1 Å². The van der Waals surface area contributed by atoms with E-state index in [0.29, 0.717) is 49.9 Å². The Hall–Kier alpha value is -1.19. The van der Waals surface area contributed by atoms with Crippen LogP contribution >= 0.6 is 12.4 Å². The van der Waals surface area contributed by atoms with Crippen LogP contribution < -0.4 is 11.1 Å². The summed E-state index contributed by atoms with van der Waals surface area (Å²) in [4.78, 5) is 12.9. The molecular weight excluding hydrogens is 402 g/mol. The highest BCUT2D eigenvalue weighted by atomic mass is 35.5. The molecule has 1 amide bonds. The number of sulfonamides is 1. The van der Waals surface area contributed by atoms with Crippen LogP contribution in [0.5, 0.6) is 0 Å². The van der Waals surface area contributed by atoms with Crippen LogP contribution in [0, 0.1) is 12.8 Å². The number of hydrogen-bond acceptors (Lipinski definition) is 5. The predicted molar refractivity (Wildman–Crippen MR) is 112 cm³/mol. The Morgan fingerprint density at radius 1 is 1.32 bits per heavy atom. The number of halogens is 1. The number of benzene rings is 1. The van der Waals surface area contributed by atoms with Crippen LogP contribution in [0.15, 0.2) is 23.1 Å². The molecule has 0 aliphatic carbocycles. The molecule has 7 nitrogen and oxygen atoms in total. The number of amides is 1. The Kier molecular flexibility index (Phi) is 8.90. The van der Waals surface area contributed by atoms with Gasteiger partial charge in [-0.3, -0.25) is 4.79 Å². The molecule has 1 fully saturated rings. The molecule has 1 heterocycles. The Morgan fingerprint density at radius 3 is 2.46 bits per heavy atom. The molecule has 1 saturated heterocycles. The lowest BCUT2D eigenvalue weighted by molar-refractivity contribution is 0.0730. The first-order valence-corrected chi connectivity index (χ1v) is 10.7. The number of rotatable bonds is 7. The minimum Gasteiger partial charge on any atom is -0.379 e. The van der Waals surface area contributed by atoms with Gasteiger partial charge in [0.25, 0.3) is 5.91 Å². The van der Waals surface area contributed by atoms with Crippen LogP contribution in [-0.4, -0.2) is 57.0 Å². The number of aryl methyl sites for hydroxylation is 1. The normalized spacial score (nSPS) is 17.6. The molecule has 1 aliphatic rings. The van der Waals surface area contributed by atoms with Gasteiger partial charge >= 0.3 is 0 Å². The van der Waals surface area contributed by atoms with Crippen molar-refractivity contribution in [3.05, 3.63) is 29.3 Å². The molecule has 1 aromatic rings. The summed E-state index contributed by atoms with van der Waals surface area (Å²) in [6, 6.07) is 4.78. The zero-order chi connectivity index (χ0) is 20.2. The SMILES string of the molecule is Cc1ccc(C(=O)NC(C)(CN)CC(C)C)cc1S(=O)(=O)N1CCOCC1.Cl. The van der Waals surface area contributed by atoms with E-state index < -0.39 is 15.6 Å². The summed E-state index contributed by atoms with van der Waals surface area (Å²) in [7, 11) is -3.67. The Labute approximate surface area is 174 Å². The minimum absolute atomic E-state index is 0. The minimum atomic E-state index is -3.67. The lowest BCUT2D eigenvalue weighted by atomic mass is 9.90. The molecule has 9 heteroatoms. The molecule has 1 unspecified atom stereocenters. The van der Waals surface area contributed by atoms with Crippen molar-refractivity contribution in [2.75, 3.05) is 32.8 Å². The van der Waals surface area contributed by atoms with Crippen LogP contribution in [0.25, 0.3) is 0 Å². The topological polar surface area (TPSA) is 102 Å². The molecule has 160 valence electrons. The number of nitrogens with two attached hydrogens (primary N) is 1. The van der Waals surface area contributed by atoms with Gasteiger partial charge in [0.1, 0.15) is 0 Å². The average molecular weight is 434 g/mol. The first-order chi connectivity index (χ1) is 12.6. The largest absolute Gasteiger partial charge is 0.379 e. The lowest BCUT2D eigenvalue weighted by Crippen LogP contribution is -2.52. The number of hydrogen-bond donors (Lipinski definition) is 2. The van der Waals surface area contributed by atoms with Crippen LogP contribution in [0.1, 0.15) is 43.1 Å².